The molecule has 1 aromatic heterocycles. The maximum atomic E-state index is 12.2. The highest BCUT2D eigenvalue weighted by molar-refractivity contribution is 9.10. The van der Waals surface area contributed by atoms with E-state index in [9.17, 15) is 9.59 Å². The molecular weight excluding hydrogens is 456 g/mol. The zero-order chi connectivity index (χ0) is 21.5. The number of hydrogen-bond donors (Lipinski definition) is 1. The highest BCUT2D eigenvalue weighted by Crippen LogP contribution is 2.28. The molecule has 0 bridgehead atoms. The normalized spacial score (nSPS) is 10.4. The second-order valence-electron chi connectivity index (χ2n) is 6.22. The van der Waals surface area contributed by atoms with E-state index in [2.05, 4.69) is 26.4 Å². The van der Waals surface area contributed by atoms with Gasteiger partial charge in [0, 0.05) is 16.2 Å². The molecule has 156 valence electrons. The van der Waals surface area contributed by atoms with Crippen molar-refractivity contribution in [2.45, 2.75) is 13.5 Å². The van der Waals surface area contributed by atoms with E-state index in [1.165, 1.54) is 19.2 Å². The predicted molar refractivity (Wildman–Crippen MR) is 112 cm³/mol. The molecule has 0 aliphatic carbocycles. The van der Waals surface area contributed by atoms with Gasteiger partial charge < -0.3 is 24.1 Å². The molecule has 1 N–H and O–H groups in total. The largest absolute Gasteiger partial charge is 0.493 e. The number of esters is 1. The third-order valence-electron chi connectivity index (χ3n) is 3.91. The predicted octanol–water partition coefficient (Wildman–Crippen LogP) is 4.13. The molecule has 1 heterocycles. The molecule has 0 fully saturated rings. The molecule has 9 heteroatoms. The van der Waals surface area contributed by atoms with Gasteiger partial charge in [-0.25, -0.2) is 4.79 Å². The van der Waals surface area contributed by atoms with Gasteiger partial charge in [-0.3, -0.25) is 4.79 Å². The fraction of sp³-hybridized carbons (Fsp3) is 0.190. The first-order chi connectivity index (χ1) is 14.4. The summed E-state index contributed by atoms with van der Waals surface area (Å²) in [5.74, 6) is 0.193. The van der Waals surface area contributed by atoms with Crippen LogP contribution in [-0.2, 0) is 16.1 Å². The summed E-state index contributed by atoms with van der Waals surface area (Å²) < 4.78 is 21.9. The van der Waals surface area contributed by atoms with Gasteiger partial charge in [0.05, 0.1) is 18.4 Å². The lowest BCUT2D eigenvalue weighted by Gasteiger charge is -2.12. The van der Waals surface area contributed by atoms with Crippen LogP contribution in [0.3, 0.4) is 0 Å². The minimum Gasteiger partial charge on any atom is -0.493 e. The molecule has 3 rings (SSSR count). The summed E-state index contributed by atoms with van der Waals surface area (Å²) in [4.78, 5) is 24.3. The molecule has 0 aliphatic rings. The topological polar surface area (TPSA) is 99.9 Å². The second kappa shape index (κ2) is 9.93. The van der Waals surface area contributed by atoms with Crippen LogP contribution in [0.4, 0.5) is 5.69 Å². The first kappa shape index (κ1) is 21.4. The molecule has 0 atom stereocenters. The smallest absolute Gasteiger partial charge is 0.338 e. The van der Waals surface area contributed by atoms with Crippen LogP contribution in [0.1, 0.15) is 21.8 Å². The lowest BCUT2D eigenvalue weighted by atomic mass is 10.2. The maximum absolute atomic E-state index is 12.2. The van der Waals surface area contributed by atoms with E-state index in [-0.39, 0.29) is 24.7 Å². The van der Waals surface area contributed by atoms with Crippen LogP contribution in [0, 0.1) is 6.92 Å². The Morgan fingerprint density at radius 2 is 1.87 bits per heavy atom. The summed E-state index contributed by atoms with van der Waals surface area (Å²) in [5, 5.41) is 6.46. The van der Waals surface area contributed by atoms with Gasteiger partial charge in [-0.2, -0.15) is 0 Å². The number of methoxy groups -OCH3 is 1. The molecule has 3 aromatic rings. The summed E-state index contributed by atoms with van der Waals surface area (Å²) in [7, 11) is 1.44. The Hall–Kier alpha value is -3.33. The van der Waals surface area contributed by atoms with Gasteiger partial charge in [0.15, 0.2) is 30.5 Å². The van der Waals surface area contributed by atoms with Crippen molar-refractivity contribution in [3.8, 4) is 11.5 Å². The Bertz CT molecular complexity index is 1030. The lowest BCUT2D eigenvalue weighted by molar-refractivity contribution is -0.118. The van der Waals surface area contributed by atoms with Crippen LogP contribution in [0.5, 0.6) is 11.5 Å². The van der Waals surface area contributed by atoms with Crippen molar-refractivity contribution in [3.05, 3.63) is 70.0 Å². The van der Waals surface area contributed by atoms with Crippen LogP contribution >= 0.6 is 15.9 Å². The molecule has 8 nitrogen and oxygen atoms in total. The molecule has 0 unspecified atom stereocenters. The van der Waals surface area contributed by atoms with Crippen LogP contribution < -0.4 is 14.8 Å². The summed E-state index contributed by atoms with van der Waals surface area (Å²) in [6, 6.07) is 13.4. The summed E-state index contributed by atoms with van der Waals surface area (Å²) in [6.45, 7) is 1.52. The zero-order valence-electron chi connectivity index (χ0n) is 16.3. The summed E-state index contributed by atoms with van der Waals surface area (Å²) >= 11 is 3.34. The van der Waals surface area contributed by atoms with Crippen LogP contribution in [0.2, 0.25) is 0 Å². The fourth-order valence-electron chi connectivity index (χ4n) is 2.49. The van der Waals surface area contributed by atoms with Gasteiger partial charge in [0.2, 0.25) is 0 Å². The van der Waals surface area contributed by atoms with Crippen molar-refractivity contribution in [1.82, 2.24) is 5.16 Å². The third-order valence-corrected chi connectivity index (χ3v) is 4.44. The average molecular weight is 475 g/mol. The fourth-order valence-corrected chi connectivity index (χ4v) is 2.76. The van der Waals surface area contributed by atoms with Crippen molar-refractivity contribution in [2.24, 2.45) is 0 Å². The minimum absolute atomic E-state index is 0.0313. The van der Waals surface area contributed by atoms with E-state index in [1.54, 1.807) is 31.2 Å². The van der Waals surface area contributed by atoms with Gasteiger partial charge in [-0.15, -0.1) is 0 Å². The number of hydrogen-bond acceptors (Lipinski definition) is 7. The average Bonchev–Trinajstić information content (AvgIpc) is 3.17. The van der Waals surface area contributed by atoms with Gasteiger partial charge >= 0.3 is 5.97 Å². The highest BCUT2D eigenvalue weighted by Gasteiger charge is 2.14. The first-order valence-electron chi connectivity index (χ1n) is 8.90. The number of anilines is 1. The molecule has 30 heavy (non-hydrogen) atoms. The molecule has 0 saturated carbocycles. The Morgan fingerprint density at radius 1 is 1.10 bits per heavy atom. The van der Waals surface area contributed by atoms with Crippen molar-refractivity contribution in [1.29, 1.82) is 0 Å². The second-order valence-corrected chi connectivity index (χ2v) is 7.14. The van der Waals surface area contributed by atoms with E-state index in [0.717, 1.165) is 4.47 Å². The van der Waals surface area contributed by atoms with Crippen LogP contribution in [0.25, 0.3) is 0 Å². The number of aryl methyl sites for hydroxylation is 1. The van der Waals surface area contributed by atoms with Gasteiger partial charge in [0.1, 0.15) is 0 Å². The van der Waals surface area contributed by atoms with Crippen molar-refractivity contribution in [2.75, 3.05) is 19.0 Å². The number of benzene rings is 2. The molecule has 1 amide bonds. The van der Waals surface area contributed by atoms with E-state index in [1.807, 2.05) is 12.1 Å². The monoisotopic (exact) mass is 474 g/mol. The Morgan fingerprint density at radius 3 is 2.53 bits per heavy atom. The molecule has 2 aromatic carbocycles. The quantitative estimate of drug-likeness (QED) is 0.489. The standard InChI is InChI=1S/C21H19BrN2O6/c1-13-9-17(30-24-13)11-29-21(26)14-3-8-18(19(10-14)27-2)28-12-20(25)23-16-6-4-15(22)5-7-16/h3-10H,11-12H2,1-2H3,(H,23,25). The summed E-state index contributed by atoms with van der Waals surface area (Å²) in [5.41, 5.74) is 1.63. The minimum atomic E-state index is -0.554. The molecule has 0 saturated heterocycles. The molecule has 0 aliphatic heterocycles. The number of carbonyl (C=O) groups is 2. The van der Waals surface area contributed by atoms with E-state index < -0.39 is 5.97 Å². The Kier molecular flexibility index (Phi) is 7.08. The third kappa shape index (κ3) is 5.84. The van der Waals surface area contributed by atoms with Crippen molar-refractivity contribution in [3.63, 3.8) is 0 Å². The zero-order valence-corrected chi connectivity index (χ0v) is 17.9. The number of rotatable bonds is 8. The van der Waals surface area contributed by atoms with E-state index in [4.69, 9.17) is 18.7 Å². The number of halogens is 1. The van der Waals surface area contributed by atoms with Crippen LogP contribution in [-0.4, -0.2) is 30.7 Å². The first-order valence-corrected chi connectivity index (χ1v) is 9.69. The Labute approximate surface area is 181 Å². The highest BCUT2D eigenvalue weighted by atomic mass is 79.9. The number of carbonyl (C=O) groups excluding carboxylic acids is 2. The molecular formula is C21H19BrN2O6. The van der Waals surface area contributed by atoms with Gasteiger partial charge in [-0.1, -0.05) is 21.1 Å². The summed E-state index contributed by atoms with van der Waals surface area (Å²) in [6.07, 6.45) is 0. The van der Waals surface area contributed by atoms with E-state index >= 15 is 0 Å². The molecule has 0 radical (unpaired) electrons. The van der Waals surface area contributed by atoms with E-state index in [0.29, 0.717) is 28.6 Å². The molecule has 0 spiro atoms. The van der Waals surface area contributed by atoms with Crippen molar-refractivity contribution >= 4 is 33.5 Å². The Balaban J connectivity index is 1.57. The number of ether oxygens (including phenoxy) is 3. The number of amides is 1. The lowest BCUT2D eigenvalue weighted by Crippen LogP contribution is -2.20. The van der Waals surface area contributed by atoms with Crippen molar-refractivity contribution < 1.29 is 28.3 Å². The van der Waals surface area contributed by atoms with Crippen LogP contribution in [0.15, 0.2) is 57.5 Å². The number of nitrogens with zero attached hydrogens (tertiary/aromatic N) is 1. The van der Waals surface area contributed by atoms with Gasteiger partial charge in [-0.05, 0) is 49.4 Å². The number of aromatic nitrogens is 1. The van der Waals surface area contributed by atoms with Gasteiger partial charge in [0.25, 0.3) is 5.91 Å². The number of nitrogens with one attached hydrogen (secondary N) is 1. The maximum Gasteiger partial charge on any atom is 0.338 e. The SMILES string of the molecule is COc1cc(C(=O)OCc2cc(C)no2)ccc1OCC(=O)Nc1ccc(Br)cc1.